The van der Waals surface area contributed by atoms with Crippen LogP contribution in [0.15, 0.2) is 11.6 Å². The molecule has 0 aromatic rings. The van der Waals surface area contributed by atoms with E-state index in [9.17, 15) is 33.9 Å². The third-order valence-electron chi connectivity index (χ3n) is 15.3. The number of carbonyl (C=O) groups is 6. The number of aliphatic carboxylic acids is 1. The summed E-state index contributed by atoms with van der Waals surface area (Å²) >= 11 is 0. The van der Waals surface area contributed by atoms with Crippen molar-refractivity contribution in [1.29, 1.82) is 0 Å². The van der Waals surface area contributed by atoms with E-state index in [0.717, 1.165) is 24.8 Å². The number of nitrogens with one attached hydrogen (secondary N) is 1. The van der Waals surface area contributed by atoms with Crippen molar-refractivity contribution in [3.8, 4) is 0 Å². The van der Waals surface area contributed by atoms with Crippen molar-refractivity contribution in [2.45, 2.75) is 131 Å². The number of allylic oxidation sites excluding steroid dienone is 2. The van der Waals surface area contributed by atoms with Gasteiger partial charge >= 0.3 is 24.1 Å². The van der Waals surface area contributed by atoms with E-state index in [1.165, 1.54) is 6.92 Å². The molecule has 0 aromatic carbocycles. The fraction of sp³-hybridized carbons (Fsp3) is 0.795. The first-order valence-electron chi connectivity index (χ1n) is 18.6. The molecule has 12 heteroatoms. The maximum Gasteiger partial charge on any atom is 0.509 e. The van der Waals surface area contributed by atoms with Crippen LogP contribution in [-0.4, -0.2) is 72.3 Å². The van der Waals surface area contributed by atoms with Crippen molar-refractivity contribution < 1.29 is 52.8 Å². The first-order valence-corrected chi connectivity index (χ1v) is 18.6. The number of carboxylic acid groups (broad SMARTS) is 1. The quantitative estimate of drug-likeness (QED) is 0.251. The lowest BCUT2D eigenvalue weighted by Gasteiger charge is -2.70. The Labute approximate surface area is 300 Å². The predicted molar refractivity (Wildman–Crippen MR) is 182 cm³/mol. The number of amides is 1. The lowest BCUT2D eigenvalue weighted by molar-refractivity contribution is -0.224. The number of hydrogen-bond donors (Lipinski definition) is 2. The molecule has 6 aliphatic rings. The van der Waals surface area contributed by atoms with Gasteiger partial charge < -0.3 is 29.4 Å². The van der Waals surface area contributed by atoms with Crippen LogP contribution >= 0.6 is 0 Å². The van der Waals surface area contributed by atoms with Gasteiger partial charge in [-0.25, -0.2) is 4.79 Å². The van der Waals surface area contributed by atoms with Crippen LogP contribution in [0.2, 0.25) is 0 Å². The number of esters is 2. The highest BCUT2D eigenvalue weighted by Crippen LogP contribution is 2.75. The van der Waals surface area contributed by atoms with Crippen LogP contribution in [0.3, 0.4) is 0 Å². The Morgan fingerprint density at radius 2 is 1.63 bits per heavy atom. The lowest BCUT2D eigenvalue weighted by atomic mass is 9.33. The normalized spacial score (nSPS) is 45.7. The van der Waals surface area contributed by atoms with Crippen LogP contribution in [0.1, 0.15) is 113 Å². The van der Waals surface area contributed by atoms with Crippen LogP contribution in [0.25, 0.3) is 0 Å². The third kappa shape index (κ3) is 5.59. The molecule has 4 saturated carbocycles. The van der Waals surface area contributed by atoms with Crippen LogP contribution in [-0.2, 0) is 42.9 Å². The molecule has 1 amide bonds. The molecule has 0 bridgehead atoms. The number of ketones is 1. The first kappa shape index (κ1) is 37.3. The second-order valence-corrected chi connectivity index (χ2v) is 18.1. The zero-order valence-electron chi connectivity index (χ0n) is 31.3. The summed E-state index contributed by atoms with van der Waals surface area (Å²) in [7, 11) is 0. The average molecular weight is 714 g/mol. The number of carbonyl (C=O) groups excluding carboxylic acids is 5. The predicted octanol–water partition coefficient (Wildman–Crippen LogP) is 5.55. The van der Waals surface area contributed by atoms with Gasteiger partial charge in [0.15, 0.2) is 11.9 Å². The fourth-order valence-electron chi connectivity index (χ4n) is 11.8. The number of cyclic esters (lactones) is 2. The Kier molecular flexibility index (Phi) is 9.02. The summed E-state index contributed by atoms with van der Waals surface area (Å²) < 4.78 is 22.1. The van der Waals surface area contributed by atoms with E-state index in [2.05, 4.69) is 33.0 Å². The van der Waals surface area contributed by atoms with Crippen molar-refractivity contribution in [3.63, 3.8) is 0 Å². The SMILES string of the molecule is CC(=O)NCC(=O)O[C@H]1CC[C@@]2(C)C(CC[C@]3(C)[C@@H]2C(=O)C=C2[C@@H]4C[C@@](C)(C(=O)O)CC[C@]4(C)CC[C@]23C)[C@]1(C)C(=O)OCC1OC(=O)OC1C. The monoisotopic (exact) mass is 713 g/mol. The molecule has 12 nitrogen and oxygen atoms in total. The zero-order chi connectivity index (χ0) is 37.5. The second-order valence-electron chi connectivity index (χ2n) is 18.1. The van der Waals surface area contributed by atoms with Gasteiger partial charge in [0.2, 0.25) is 5.91 Å². The molecule has 0 aromatic heterocycles. The van der Waals surface area contributed by atoms with Crippen molar-refractivity contribution in [3.05, 3.63) is 11.6 Å². The van der Waals surface area contributed by atoms with E-state index in [1.807, 2.05) is 13.0 Å². The Morgan fingerprint density at radius 1 is 0.941 bits per heavy atom. The Hall–Kier alpha value is -3.44. The maximum absolute atomic E-state index is 14.8. The summed E-state index contributed by atoms with van der Waals surface area (Å²) in [4.78, 5) is 78.0. The molecule has 2 N–H and O–H groups in total. The Bertz CT molecular complexity index is 1570. The van der Waals surface area contributed by atoms with Crippen molar-refractivity contribution >= 4 is 35.8 Å². The molecule has 12 atom stereocenters. The third-order valence-corrected chi connectivity index (χ3v) is 15.3. The number of ether oxygens (including phenoxy) is 4. The van der Waals surface area contributed by atoms with Crippen molar-refractivity contribution in [2.24, 2.45) is 50.2 Å². The van der Waals surface area contributed by atoms with Gasteiger partial charge in [-0.15, -0.1) is 0 Å². The molecule has 6 rings (SSSR count). The summed E-state index contributed by atoms with van der Waals surface area (Å²) in [5.74, 6) is -3.31. The van der Waals surface area contributed by atoms with Gasteiger partial charge in [-0.3, -0.25) is 24.0 Å². The summed E-state index contributed by atoms with van der Waals surface area (Å²) in [6.07, 6.45) is 4.51. The van der Waals surface area contributed by atoms with E-state index in [-0.39, 0.29) is 41.6 Å². The minimum absolute atomic E-state index is 0.0182. The van der Waals surface area contributed by atoms with Gasteiger partial charge in [0.25, 0.3) is 0 Å². The van der Waals surface area contributed by atoms with Crippen LogP contribution in [0, 0.1) is 50.2 Å². The molecular weight excluding hydrogens is 658 g/mol. The van der Waals surface area contributed by atoms with Gasteiger partial charge in [-0.05, 0) is 118 Å². The smallest absolute Gasteiger partial charge is 0.481 e. The maximum atomic E-state index is 14.8. The van der Waals surface area contributed by atoms with Gasteiger partial charge in [0.1, 0.15) is 30.8 Å². The summed E-state index contributed by atoms with van der Waals surface area (Å²) in [6.45, 7) is 14.8. The lowest BCUT2D eigenvalue weighted by Crippen LogP contribution is -2.68. The molecular formula is C39H55NO11. The molecule has 282 valence electrons. The van der Waals surface area contributed by atoms with Crippen molar-refractivity contribution in [1.82, 2.24) is 5.32 Å². The van der Waals surface area contributed by atoms with E-state index in [4.69, 9.17) is 18.9 Å². The highest BCUT2D eigenvalue weighted by Gasteiger charge is 2.72. The number of fused-ring (bicyclic) bond motifs is 7. The standard InChI is InChI=1S/C39H55NO11/c1-21-26(50-33(47)49-21)20-48-32(46)39(8)27-9-12-38(7)30(36(27,5)11-10-28(39)51-29(43)19-40-22(2)41)25(42)17-23-24-18-35(4,31(44)45)14-13-34(24,3)15-16-37(23,38)6/h17,21,24,26-28,30H,9-16,18-20H2,1-8H3,(H,40,41)(H,44,45)/t21?,24-,26?,27?,28-,30+,34+,35-,36-,37+,38+,39-/m0/s1. The van der Waals surface area contributed by atoms with Crippen LogP contribution in [0.4, 0.5) is 4.79 Å². The van der Waals surface area contributed by atoms with Crippen LogP contribution in [0.5, 0.6) is 0 Å². The number of carboxylic acids is 1. The first-order chi connectivity index (χ1) is 23.6. The zero-order valence-corrected chi connectivity index (χ0v) is 31.3. The fourth-order valence-corrected chi connectivity index (χ4v) is 11.8. The van der Waals surface area contributed by atoms with E-state index in [1.54, 1.807) is 13.8 Å². The minimum Gasteiger partial charge on any atom is -0.481 e. The van der Waals surface area contributed by atoms with Gasteiger partial charge in [0.05, 0.1) is 5.41 Å². The molecule has 5 fully saturated rings. The van der Waals surface area contributed by atoms with E-state index in [0.29, 0.717) is 38.5 Å². The highest BCUT2D eigenvalue weighted by atomic mass is 16.8. The van der Waals surface area contributed by atoms with E-state index >= 15 is 0 Å². The highest BCUT2D eigenvalue weighted by molar-refractivity contribution is 5.96. The molecule has 1 saturated heterocycles. The molecule has 1 heterocycles. The summed E-state index contributed by atoms with van der Waals surface area (Å²) in [6, 6.07) is 0. The van der Waals surface area contributed by atoms with Gasteiger partial charge in [-0.2, -0.15) is 0 Å². The molecule has 51 heavy (non-hydrogen) atoms. The van der Waals surface area contributed by atoms with Gasteiger partial charge in [0, 0.05) is 12.8 Å². The molecule has 5 aliphatic carbocycles. The average Bonchev–Trinajstić information content (AvgIpc) is 3.38. The summed E-state index contributed by atoms with van der Waals surface area (Å²) in [5, 5.41) is 12.7. The Balaban J connectivity index is 1.36. The second kappa shape index (κ2) is 12.3. The molecule has 3 unspecified atom stereocenters. The van der Waals surface area contributed by atoms with Gasteiger partial charge in [-0.1, -0.05) is 33.3 Å². The number of hydrogen-bond acceptors (Lipinski definition) is 10. The topological polar surface area (TPSA) is 172 Å². The Morgan fingerprint density at radius 3 is 2.25 bits per heavy atom. The minimum atomic E-state index is -1.37. The summed E-state index contributed by atoms with van der Waals surface area (Å²) in [5.41, 5.74) is -2.71. The molecule has 0 radical (unpaired) electrons. The van der Waals surface area contributed by atoms with Crippen LogP contribution < -0.4 is 5.32 Å². The number of rotatable bonds is 7. The molecule has 0 spiro atoms. The van der Waals surface area contributed by atoms with E-state index < -0.39 is 75.9 Å². The largest absolute Gasteiger partial charge is 0.509 e. The van der Waals surface area contributed by atoms with Crippen molar-refractivity contribution in [2.75, 3.05) is 13.2 Å². The molecule has 1 aliphatic heterocycles.